The summed E-state index contributed by atoms with van der Waals surface area (Å²) in [5, 5.41) is 2.96. The van der Waals surface area contributed by atoms with Crippen LogP contribution in [0, 0.1) is 13.8 Å². The van der Waals surface area contributed by atoms with E-state index in [-0.39, 0.29) is 10.8 Å². The van der Waals surface area contributed by atoms with Gasteiger partial charge in [-0.1, -0.05) is 72.3 Å². The Morgan fingerprint density at radius 1 is 0.727 bits per heavy atom. The van der Waals surface area contributed by atoms with E-state index in [0.717, 1.165) is 16.7 Å². The highest BCUT2D eigenvalue weighted by Gasteiger charge is 2.17. The molecule has 5 nitrogen and oxygen atoms in total. The molecular weight excluding hydrogens is 432 g/mol. The quantitative estimate of drug-likeness (QED) is 0.372. The zero-order valence-electron chi connectivity index (χ0n) is 18.4. The summed E-state index contributed by atoms with van der Waals surface area (Å²) in [7, 11) is -3.78. The van der Waals surface area contributed by atoms with Gasteiger partial charge in [0.15, 0.2) is 0 Å². The number of rotatable bonds is 6. The molecule has 4 aromatic rings. The first-order valence-corrected chi connectivity index (χ1v) is 12.0. The number of carbonyl (C=O) groups excluding carboxylic acids is 1. The van der Waals surface area contributed by atoms with Crippen LogP contribution in [0.25, 0.3) is 11.1 Å². The van der Waals surface area contributed by atoms with E-state index in [9.17, 15) is 13.2 Å². The molecule has 166 valence electrons. The average molecular weight is 457 g/mol. The second-order valence-electron chi connectivity index (χ2n) is 7.81. The summed E-state index contributed by atoms with van der Waals surface area (Å²) in [6, 6.07) is 28.9. The molecule has 4 rings (SSSR count). The number of amides is 1. The van der Waals surface area contributed by atoms with Crippen molar-refractivity contribution in [2.24, 2.45) is 0 Å². The van der Waals surface area contributed by atoms with Gasteiger partial charge in [-0.25, -0.2) is 8.42 Å². The molecule has 0 radical (unpaired) electrons. The van der Waals surface area contributed by atoms with E-state index in [1.165, 1.54) is 0 Å². The smallest absolute Gasteiger partial charge is 0.261 e. The van der Waals surface area contributed by atoms with Gasteiger partial charge in [0.2, 0.25) is 0 Å². The van der Waals surface area contributed by atoms with Crippen LogP contribution in [0.3, 0.4) is 0 Å². The first-order chi connectivity index (χ1) is 15.8. The van der Waals surface area contributed by atoms with Crippen molar-refractivity contribution in [1.29, 1.82) is 0 Å². The van der Waals surface area contributed by atoms with Gasteiger partial charge in [0.05, 0.1) is 10.6 Å². The fourth-order valence-electron chi connectivity index (χ4n) is 3.45. The molecule has 0 fully saturated rings. The normalized spacial score (nSPS) is 11.1. The fraction of sp³-hybridized carbons (Fsp3) is 0.0741. The van der Waals surface area contributed by atoms with Crippen molar-refractivity contribution in [1.82, 2.24) is 0 Å². The molecular formula is C27H24N2O3S. The third-order valence-electron chi connectivity index (χ3n) is 5.34. The van der Waals surface area contributed by atoms with E-state index in [1.54, 1.807) is 49.4 Å². The largest absolute Gasteiger partial charge is 0.321 e. The van der Waals surface area contributed by atoms with Crippen LogP contribution in [0.4, 0.5) is 11.4 Å². The molecule has 0 spiro atoms. The van der Waals surface area contributed by atoms with Gasteiger partial charge in [0.25, 0.3) is 15.9 Å². The van der Waals surface area contributed by atoms with E-state index in [0.29, 0.717) is 22.5 Å². The maximum Gasteiger partial charge on any atom is 0.261 e. The Bertz CT molecular complexity index is 1400. The summed E-state index contributed by atoms with van der Waals surface area (Å²) >= 11 is 0. The number of aryl methyl sites for hydroxylation is 2. The molecule has 33 heavy (non-hydrogen) atoms. The number of sulfonamides is 1. The predicted octanol–water partition coefficient (Wildman–Crippen LogP) is 6.02. The van der Waals surface area contributed by atoms with Crippen LogP contribution >= 0.6 is 0 Å². The minimum Gasteiger partial charge on any atom is -0.321 e. The van der Waals surface area contributed by atoms with E-state index in [4.69, 9.17) is 0 Å². The number of carbonyl (C=O) groups is 1. The third kappa shape index (κ3) is 5.13. The topological polar surface area (TPSA) is 75.3 Å². The summed E-state index contributed by atoms with van der Waals surface area (Å²) in [5.74, 6) is -0.325. The van der Waals surface area contributed by atoms with E-state index in [1.807, 2.05) is 61.5 Å². The van der Waals surface area contributed by atoms with Crippen molar-refractivity contribution < 1.29 is 13.2 Å². The molecule has 0 unspecified atom stereocenters. The van der Waals surface area contributed by atoms with Crippen molar-refractivity contribution in [2.75, 3.05) is 10.0 Å². The Balaban J connectivity index is 1.60. The van der Waals surface area contributed by atoms with Gasteiger partial charge in [-0.2, -0.15) is 0 Å². The van der Waals surface area contributed by atoms with Crippen LogP contribution in [0.1, 0.15) is 21.5 Å². The Morgan fingerprint density at radius 2 is 1.39 bits per heavy atom. The maximum atomic E-state index is 13.0. The van der Waals surface area contributed by atoms with Crippen LogP contribution in [0.5, 0.6) is 0 Å². The number of para-hydroxylation sites is 1. The van der Waals surface area contributed by atoms with Gasteiger partial charge in [-0.3, -0.25) is 9.52 Å². The molecule has 6 heteroatoms. The highest BCUT2D eigenvalue weighted by molar-refractivity contribution is 7.92. The monoisotopic (exact) mass is 456 g/mol. The highest BCUT2D eigenvalue weighted by atomic mass is 32.2. The van der Waals surface area contributed by atoms with Crippen LogP contribution in [0.2, 0.25) is 0 Å². The van der Waals surface area contributed by atoms with Gasteiger partial charge in [0, 0.05) is 16.8 Å². The van der Waals surface area contributed by atoms with E-state index in [2.05, 4.69) is 10.0 Å². The number of benzene rings is 4. The number of hydrogen-bond acceptors (Lipinski definition) is 3. The zero-order chi connectivity index (χ0) is 23.4. The molecule has 0 bridgehead atoms. The standard InChI is InChI=1S/C27H24N2O3S/c1-19-12-16-23(17-13-19)33(31,32)29-26-18-22(15-14-20(26)2)27(30)28-25-11-7-6-10-24(25)21-8-4-3-5-9-21/h3-18,29H,1-2H3,(H,28,30). The first kappa shape index (κ1) is 22.3. The number of nitrogens with one attached hydrogen (secondary N) is 2. The minimum atomic E-state index is -3.78. The Kier molecular flexibility index (Phi) is 6.29. The van der Waals surface area contributed by atoms with Crippen LogP contribution in [0.15, 0.2) is 102 Å². The molecule has 0 aliphatic rings. The van der Waals surface area contributed by atoms with Crippen LogP contribution in [-0.2, 0) is 10.0 Å². The molecule has 0 saturated carbocycles. The SMILES string of the molecule is Cc1ccc(S(=O)(=O)Nc2cc(C(=O)Nc3ccccc3-c3ccccc3)ccc2C)cc1. The summed E-state index contributed by atoms with van der Waals surface area (Å²) in [4.78, 5) is 13.2. The molecule has 0 atom stereocenters. The third-order valence-corrected chi connectivity index (χ3v) is 6.72. The number of hydrogen-bond donors (Lipinski definition) is 2. The molecule has 1 amide bonds. The number of anilines is 2. The molecule has 0 aromatic heterocycles. The Hall–Kier alpha value is -3.90. The molecule has 4 aromatic carbocycles. The lowest BCUT2D eigenvalue weighted by Crippen LogP contribution is -2.16. The minimum absolute atomic E-state index is 0.166. The van der Waals surface area contributed by atoms with Crippen molar-refractivity contribution >= 4 is 27.3 Å². The summed E-state index contributed by atoms with van der Waals surface area (Å²) < 4.78 is 28.3. The fourth-order valence-corrected chi connectivity index (χ4v) is 4.57. The highest BCUT2D eigenvalue weighted by Crippen LogP contribution is 2.28. The summed E-state index contributed by atoms with van der Waals surface area (Å²) in [6.07, 6.45) is 0. The van der Waals surface area contributed by atoms with Gasteiger partial charge >= 0.3 is 0 Å². The van der Waals surface area contributed by atoms with Gasteiger partial charge in [-0.15, -0.1) is 0 Å². The molecule has 2 N–H and O–H groups in total. The molecule has 0 heterocycles. The maximum absolute atomic E-state index is 13.0. The van der Waals surface area contributed by atoms with E-state index < -0.39 is 10.0 Å². The lowest BCUT2D eigenvalue weighted by atomic mass is 10.0. The molecule has 0 aliphatic heterocycles. The lowest BCUT2D eigenvalue weighted by molar-refractivity contribution is 0.102. The summed E-state index contributed by atoms with van der Waals surface area (Å²) in [6.45, 7) is 3.69. The summed E-state index contributed by atoms with van der Waals surface area (Å²) in [5.41, 5.74) is 4.97. The lowest BCUT2D eigenvalue weighted by Gasteiger charge is -2.14. The first-order valence-electron chi connectivity index (χ1n) is 10.5. The second-order valence-corrected chi connectivity index (χ2v) is 9.50. The Morgan fingerprint density at radius 3 is 2.12 bits per heavy atom. The predicted molar refractivity (Wildman–Crippen MR) is 133 cm³/mol. The van der Waals surface area contributed by atoms with Crippen molar-refractivity contribution in [3.8, 4) is 11.1 Å². The van der Waals surface area contributed by atoms with Crippen LogP contribution < -0.4 is 10.0 Å². The Labute approximate surface area is 194 Å². The second kappa shape index (κ2) is 9.30. The zero-order valence-corrected chi connectivity index (χ0v) is 19.2. The molecule has 0 aliphatic carbocycles. The van der Waals surface area contributed by atoms with Gasteiger partial charge in [0.1, 0.15) is 0 Å². The van der Waals surface area contributed by atoms with Gasteiger partial charge < -0.3 is 5.32 Å². The van der Waals surface area contributed by atoms with Crippen LogP contribution in [-0.4, -0.2) is 14.3 Å². The van der Waals surface area contributed by atoms with Gasteiger partial charge in [-0.05, 0) is 55.3 Å². The van der Waals surface area contributed by atoms with Crippen molar-refractivity contribution in [2.45, 2.75) is 18.7 Å². The molecule has 0 saturated heterocycles. The van der Waals surface area contributed by atoms with Crippen molar-refractivity contribution in [3.05, 3.63) is 114 Å². The van der Waals surface area contributed by atoms with E-state index >= 15 is 0 Å². The van der Waals surface area contributed by atoms with Crippen molar-refractivity contribution in [3.63, 3.8) is 0 Å². The average Bonchev–Trinajstić information content (AvgIpc) is 2.81.